The maximum Gasteiger partial charge on any atom is 0.309 e. The fourth-order valence-electron chi connectivity index (χ4n) is 3.15. The minimum atomic E-state index is -0.441. The van der Waals surface area contributed by atoms with Crippen LogP contribution in [-0.2, 0) is 42.9 Å². The van der Waals surface area contributed by atoms with Crippen molar-refractivity contribution in [1.82, 2.24) is 0 Å². The molecule has 2 saturated carbocycles. The summed E-state index contributed by atoms with van der Waals surface area (Å²) in [5.41, 5.74) is 0. The zero-order valence-corrected chi connectivity index (χ0v) is 15.6. The lowest BCUT2D eigenvalue weighted by Crippen LogP contribution is -2.40. The van der Waals surface area contributed by atoms with Gasteiger partial charge >= 0.3 is 23.9 Å². The molecule has 2 fully saturated rings. The highest BCUT2D eigenvalue weighted by atomic mass is 16.6. The third-order valence-corrected chi connectivity index (χ3v) is 5.11. The minimum absolute atomic E-state index is 0.0597. The normalized spacial score (nSPS) is 26.1. The van der Waals surface area contributed by atoms with Crippen molar-refractivity contribution >= 4 is 23.9 Å². The van der Waals surface area contributed by atoms with Gasteiger partial charge in [0.2, 0.25) is 0 Å². The largest absolute Gasteiger partial charge is 0.469 e. The molecule has 9 heteroatoms. The van der Waals surface area contributed by atoms with Crippen molar-refractivity contribution in [2.75, 3.05) is 40.6 Å². The molecule has 0 spiro atoms. The van der Waals surface area contributed by atoms with Crippen molar-refractivity contribution in [2.24, 2.45) is 23.7 Å². The molecule has 0 aromatic rings. The Hall–Kier alpha value is -2.16. The summed E-state index contributed by atoms with van der Waals surface area (Å²) in [6.07, 6.45) is 2.49. The number of hydrogen-bond acceptors (Lipinski definition) is 9. The van der Waals surface area contributed by atoms with E-state index in [0.717, 1.165) is 0 Å². The second kappa shape index (κ2) is 10.2. The van der Waals surface area contributed by atoms with Crippen LogP contribution in [0.5, 0.6) is 0 Å². The molecule has 27 heavy (non-hydrogen) atoms. The molecule has 0 saturated heterocycles. The van der Waals surface area contributed by atoms with Crippen LogP contribution in [0.15, 0.2) is 0 Å². The van der Waals surface area contributed by atoms with E-state index >= 15 is 0 Å². The van der Waals surface area contributed by atoms with E-state index < -0.39 is 35.6 Å². The van der Waals surface area contributed by atoms with Crippen LogP contribution in [0.4, 0.5) is 0 Å². The zero-order chi connectivity index (χ0) is 19.8. The third-order valence-electron chi connectivity index (χ3n) is 5.11. The predicted molar refractivity (Wildman–Crippen MR) is 89.2 cm³/mol. The Morgan fingerprint density at radius 1 is 0.593 bits per heavy atom. The maximum atomic E-state index is 11.9. The van der Waals surface area contributed by atoms with Crippen LogP contribution in [0.25, 0.3) is 0 Å². The molecule has 9 nitrogen and oxygen atoms in total. The standard InChI is InChI=1S/C18H26O9/c1-23-15(19)11-3-5-13(11)17(21)26-9-7-25-8-10-27-18(22)14-6-4-12(14)16(20)24-2/h11-14H,3-10H2,1-2H3/t11-,12+,13+,14-. The van der Waals surface area contributed by atoms with E-state index in [4.69, 9.17) is 14.2 Å². The second-order valence-corrected chi connectivity index (χ2v) is 6.57. The van der Waals surface area contributed by atoms with Gasteiger partial charge in [-0.25, -0.2) is 0 Å². The van der Waals surface area contributed by atoms with E-state index in [1.54, 1.807) is 0 Å². The van der Waals surface area contributed by atoms with Crippen LogP contribution in [-0.4, -0.2) is 64.5 Å². The Morgan fingerprint density at radius 2 is 0.926 bits per heavy atom. The average Bonchev–Trinajstić information content (AvgIpc) is 2.58. The van der Waals surface area contributed by atoms with Gasteiger partial charge in [-0.2, -0.15) is 0 Å². The van der Waals surface area contributed by atoms with Gasteiger partial charge in [0, 0.05) is 0 Å². The Labute approximate surface area is 157 Å². The number of hydrogen-bond donors (Lipinski definition) is 0. The van der Waals surface area contributed by atoms with Gasteiger partial charge in [0.25, 0.3) is 0 Å². The molecular formula is C18H26O9. The summed E-state index contributed by atoms with van der Waals surface area (Å²) in [6, 6.07) is 0. The second-order valence-electron chi connectivity index (χ2n) is 6.57. The lowest BCUT2D eigenvalue weighted by molar-refractivity contribution is -0.168. The van der Waals surface area contributed by atoms with Crippen molar-refractivity contribution < 1.29 is 42.9 Å². The number of ether oxygens (including phenoxy) is 5. The van der Waals surface area contributed by atoms with E-state index in [1.165, 1.54) is 14.2 Å². The van der Waals surface area contributed by atoms with Crippen LogP contribution in [0, 0.1) is 23.7 Å². The monoisotopic (exact) mass is 386 g/mol. The first-order chi connectivity index (χ1) is 13.0. The lowest BCUT2D eigenvalue weighted by Gasteiger charge is -2.32. The summed E-state index contributed by atoms with van der Waals surface area (Å²) in [7, 11) is 2.59. The van der Waals surface area contributed by atoms with Crippen LogP contribution in [0.1, 0.15) is 25.7 Å². The smallest absolute Gasteiger partial charge is 0.309 e. The van der Waals surface area contributed by atoms with Gasteiger partial charge in [-0.3, -0.25) is 19.2 Å². The van der Waals surface area contributed by atoms with Gasteiger partial charge in [0.15, 0.2) is 0 Å². The van der Waals surface area contributed by atoms with Crippen molar-refractivity contribution in [2.45, 2.75) is 25.7 Å². The molecule has 2 aliphatic rings. The van der Waals surface area contributed by atoms with Gasteiger partial charge in [-0.1, -0.05) is 0 Å². The number of rotatable bonds is 10. The molecule has 4 atom stereocenters. The Kier molecular flexibility index (Phi) is 8.02. The highest BCUT2D eigenvalue weighted by molar-refractivity contribution is 5.84. The minimum Gasteiger partial charge on any atom is -0.469 e. The molecule has 2 aliphatic carbocycles. The van der Waals surface area contributed by atoms with Crippen LogP contribution >= 0.6 is 0 Å². The quantitative estimate of drug-likeness (QED) is 0.300. The molecule has 0 radical (unpaired) electrons. The molecule has 0 aromatic heterocycles. The maximum absolute atomic E-state index is 11.9. The fourth-order valence-corrected chi connectivity index (χ4v) is 3.15. The van der Waals surface area contributed by atoms with Crippen molar-refractivity contribution in [1.29, 1.82) is 0 Å². The van der Waals surface area contributed by atoms with Gasteiger partial charge in [-0.05, 0) is 25.7 Å². The number of carbonyl (C=O) groups is 4. The van der Waals surface area contributed by atoms with E-state index in [9.17, 15) is 19.2 Å². The third kappa shape index (κ3) is 5.41. The summed E-state index contributed by atoms with van der Waals surface area (Å²) < 4.78 is 24.7. The molecule has 152 valence electrons. The summed E-state index contributed by atoms with van der Waals surface area (Å²) in [6.45, 7) is 0.439. The predicted octanol–water partition coefficient (Wildman–Crippen LogP) is 0.488. The van der Waals surface area contributed by atoms with E-state index in [-0.39, 0.29) is 38.4 Å². The molecule has 0 aromatic carbocycles. The number of methoxy groups -OCH3 is 2. The first-order valence-electron chi connectivity index (χ1n) is 9.06. The van der Waals surface area contributed by atoms with Crippen molar-refractivity contribution in [3.8, 4) is 0 Å². The van der Waals surface area contributed by atoms with Crippen LogP contribution in [0.2, 0.25) is 0 Å². The van der Waals surface area contributed by atoms with Crippen molar-refractivity contribution in [3.63, 3.8) is 0 Å². The van der Waals surface area contributed by atoms with Crippen LogP contribution in [0.3, 0.4) is 0 Å². The average molecular weight is 386 g/mol. The Morgan fingerprint density at radius 3 is 1.22 bits per heavy atom. The SMILES string of the molecule is COC(=O)[C@H]1CC[C@H]1C(=O)OCCOCCOC(=O)[C@H]1CC[C@H]1C(=O)OC. The number of esters is 4. The molecule has 0 amide bonds. The van der Waals surface area contributed by atoms with E-state index in [0.29, 0.717) is 25.7 Å². The molecule has 0 heterocycles. The Balaban J connectivity index is 1.50. The van der Waals surface area contributed by atoms with Crippen molar-refractivity contribution in [3.05, 3.63) is 0 Å². The molecule has 0 aliphatic heterocycles. The first-order valence-corrected chi connectivity index (χ1v) is 9.06. The summed E-state index contributed by atoms with van der Waals surface area (Å²) in [5, 5.41) is 0. The van der Waals surface area contributed by atoms with E-state index in [2.05, 4.69) is 9.47 Å². The summed E-state index contributed by atoms with van der Waals surface area (Å²) in [4.78, 5) is 46.6. The first kappa shape index (κ1) is 21.1. The highest BCUT2D eigenvalue weighted by Crippen LogP contribution is 2.36. The molecule has 0 N–H and O–H groups in total. The van der Waals surface area contributed by atoms with Gasteiger partial charge in [0.05, 0.1) is 51.1 Å². The summed E-state index contributed by atoms with van der Waals surface area (Å²) >= 11 is 0. The zero-order valence-electron chi connectivity index (χ0n) is 15.6. The Bertz CT molecular complexity index is 511. The topological polar surface area (TPSA) is 114 Å². The lowest BCUT2D eigenvalue weighted by atomic mass is 9.74. The summed E-state index contributed by atoms with van der Waals surface area (Å²) in [5.74, 6) is -3.33. The van der Waals surface area contributed by atoms with E-state index in [1.807, 2.05) is 0 Å². The molecule has 0 unspecified atom stereocenters. The van der Waals surface area contributed by atoms with Gasteiger partial charge in [0.1, 0.15) is 13.2 Å². The highest BCUT2D eigenvalue weighted by Gasteiger charge is 2.44. The van der Waals surface area contributed by atoms with Crippen LogP contribution < -0.4 is 0 Å². The molecular weight excluding hydrogens is 360 g/mol. The number of carbonyl (C=O) groups excluding carboxylic acids is 4. The molecule has 2 rings (SSSR count). The van der Waals surface area contributed by atoms with Gasteiger partial charge in [-0.15, -0.1) is 0 Å². The van der Waals surface area contributed by atoms with Gasteiger partial charge < -0.3 is 23.7 Å². The fraction of sp³-hybridized carbons (Fsp3) is 0.778. The molecule has 0 bridgehead atoms.